The number of nitrogens with one attached hydrogen (secondary N) is 4. The zero-order valence-electron chi connectivity index (χ0n) is 44.5. The summed E-state index contributed by atoms with van der Waals surface area (Å²) in [7, 11) is 0. The second kappa shape index (κ2) is 37.4. The Labute approximate surface area is 419 Å². The number of piperidine rings is 1. The minimum Gasteiger partial charge on any atom is -0.392 e. The number of carbonyl (C=O) groups is 4. The van der Waals surface area contributed by atoms with Gasteiger partial charge in [0.05, 0.1) is 18.8 Å². The van der Waals surface area contributed by atoms with Gasteiger partial charge in [0.25, 0.3) is 0 Å². The SMILES string of the molecule is C.C=C(C)C(O)C(C)(C)C.C=C(Cn1cccn1)C(=O)NC(C)C.CC(C)NC(=O)/C=C/CN1CCCCC1.CC(C)NC(=O)/C=C/CN1CC[C@@H](C)C1.CC(C)NC(=O)/C=C/CN1CC[C@H](O)C1. The van der Waals surface area contributed by atoms with Crippen LogP contribution in [0, 0.1) is 11.3 Å². The first-order valence-electron chi connectivity index (χ1n) is 24.8. The van der Waals surface area contributed by atoms with Gasteiger partial charge in [0.15, 0.2) is 0 Å². The number of aliphatic hydroxyl groups excluding tert-OH is 2. The van der Waals surface area contributed by atoms with Gasteiger partial charge in [-0.25, -0.2) is 0 Å². The summed E-state index contributed by atoms with van der Waals surface area (Å²) in [6.07, 6.45) is 19.6. The van der Waals surface area contributed by atoms with E-state index in [0.29, 0.717) is 12.1 Å². The van der Waals surface area contributed by atoms with Crippen molar-refractivity contribution in [3.63, 3.8) is 0 Å². The first-order valence-corrected chi connectivity index (χ1v) is 24.8. The van der Waals surface area contributed by atoms with Gasteiger partial charge in [-0.1, -0.05) is 78.5 Å². The maximum absolute atomic E-state index is 11.4. The summed E-state index contributed by atoms with van der Waals surface area (Å²) >= 11 is 0. The Morgan fingerprint density at radius 1 is 0.696 bits per heavy atom. The second-order valence-electron chi connectivity index (χ2n) is 20.5. The zero-order valence-corrected chi connectivity index (χ0v) is 44.5. The van der Waals surface area contributed by atoms with Gasteiger partial charge in [0, 0.05) is 99.6 Å². The molecule has 0 aromatic carbocycles. The molecule has 0 radical (unpaired) electrons. The Bertz CT molecular complexity index is 1580. The van der Waals surface area contributed by atoms with Crippen LogP contribution in [0.2, 0.25) is 0 Å². The smallest absolute Gasteiger partial charge is 0.248 e. The van der Waals surface area contributed by atoms with Gasteiger partial charge >= 0.3 is 0 Å². The van der Waals surface area contributed by atoms with E-state index in [1.165, 1.54) is 38.8 Å². The van der Waals surface area contributed by atoms with Crippen LogP contribution in [0.5, 0.6) is 0 Å². The Kier molecular flexibility index (Phi) is 36.2. The van der Waals surface area contributed by atoms with Crippen LogP contribution < -0.4 is 21.3 Å². The van der Waals surface area contributed by atoms with E-state index in [4.69, 9.17) is 0 Å². The summed E-state index contributed by atoms with van der Waals surface area (Å²) in [5.41, 5.74) is 1.29. The highest BCUT2D eigenvalue weighted by Crippen LogP contribution is 2.23. The molecule has 0 saturated carbocycles. The lowest BCUT2D eigenvalue weighted by Gasteiger charge is -2.25. The molecule has 1 aromatic rings. The summed E-state index contributed by atoms with van der Waals surface area (Å²) in [6.45, 7) is 42.3. The first kappa shape index (κ1) is 66.7. The summed E-state index contributed by atoms with van der Waals surface area (Å²) in [5, 5.41) is 33.9. The lowest BCUT2D eigenvalue weighted by Crippen LogP contribution is -2.32. The number of nitrogens with zero attached hydrogens (tertiary/aromatic N) is 5. The van der Waals surface area contributed by atoms with E-state index in [1.807, 2.05) is 107 Å². The number of hydrogen-bond donors (Lipinski definition) is 6. The number of aromatic nitrogens is 2. The molecule has 15 nitrogen and oxygen atoms in total. The number of amides is 4. The molecular weight excluding hydrogens is 871 g/mol. The van der Waals surface area contributed by atoms with Gasteiger partial charge in [0.1, 0.15) is 0 Å². The van der Waals surface area contributed by atoms with Crippen molar-refractivity contribution in [3.8, 4) is 0 Å². The van der Waals surface area contributed by atoms with Crippen LogP contribution in [-0.2, 0) is 25.7 Å². The number of likely N-dealkylation sites (tertiary alicyclic amines) is 3. The number of aliphatic hydroxyl groups is 2. The third-order valence-corrected chi connectivity index (χ3v) is 10.3. The number of carbonyl (C=O) groups excluding carboxylic acids is 4. The standard InChI is InChI=1S/2C12H22N2O.C11H20N2O2.C10H15N3O.C8H16O.CH4/c1-10(2)13-12(15)5-4-7-14-8-6-11(3)9-14;1-11(2)13-12(15)7-6-10-14-8-4-3-5-9-14;1-9(2)12-11(15)4-3-6-13-7-5-10(14)8-13;1-8(2)12-10(14)9(3)7-13-6-4-5-11-13;1-6(2)7(9)8(3,4)5;/h4-5,10-11H,6-9H2,1-3H3,(H,13,15);6-7,11H,3-5,8-10H2,1-2H3,(H,13,15);3-4,9-10,14H,5-8H2,1-2H3,(H,12,15);4-6,8H,3,7H2,1-2H3,(H,12,14);7,9H,1H2,2-5H3;1H4/b5-4+;7-6+;4-3+;;;/t11-;;10-;;;/m1.0.../s1. The van der Waals surface area contributed by atoms with Gasteiger partial charge in [-0.05, 0) is 125 Å². The van der Waals surface area contributed by atoms with Crippen LogP contribution in [0.25, 0.3) is 0 Å². The minimum atomic E-state index is -0.377. The molecule has 3 atom stereocenters. The molecule has 3 fully saturated rings. The molecule has 396 valence electrons. The van der Waals surface area contributed by atoms with Gasteiger partial charge in [-0.3, -0.25) is 38.6 Å². The van der Waals surface area contributed by atoms with Crippen molar-refractivity contribution in [1.29, 1.82) is 0 Å². The normalized spacial score (nSPS) is 18.0. The maximum atomic E-state index is 11.4. The van der Waals surface area contributed by atoms with Crippen molar-refractivity contribution in [1.82, 2.24) is 45.7 Å². The molecule has 0 aliphatic carbocycles. The molecule has 6 N–H and O–H groups in total. The maximum Gasteiger partial charge on any atom is 0.248 e. The average molecular weight is 970 g/mol. The summed E-state index contributed by atoms with van der Waals surface area (Å²) in [5.74, 6) is 0.669. The molecule has 3 aliphatic rings. The molecule has 0 spiro atoms. The van der Waals surface area contributed by atoms with E-state index in [2.05, 4.69) is 61.1 Å². The lowest BCUT2D eigenvalue weighted by molar-refractivity contribution is -0.118. The van der Waals surface area contributed by atoms with Crippen LogP contribution in [0.1, 0.15) is 130 Å². The highest BCUT2D eigenvalue weighted by molar-refractivity contribution is 5.92. The summed E-state index contributed by atoms with van der Waals surface area (Å²) in [4.78, 5) is 52.1. The highest BCUT2D eigenvalue weighted by atomic mass is 16.3. The van der Waals surface area contributed by atoms with Gasteiger partial charge in [-0.15, -0.1) is 0 Å². The fourth-order valence-electron chi connectivity index (χ4n) is 7.00. The van der Waals surface area contributed by atoms with Crippen molar-refractivity contribution < 1.29 is 29.4 Å². The molecule has 1 unspecified atom stereocenters. The highest BCUT2D eigenvalue weighted by Gasteiger charge is 2.22. The van der Waals surface area contributed by atoms with Gasteiger partial charge in [0.2, 0.25) is 23.6 Å². The lowest BCUT2D eigenvalue weighted by atomic mass is 9.86. The van der Waals surface area contributed by atoms with Crippen molar-refractivity contribution in [2.45, 2.75) is 172 Å². The third-order valence-electron chi connectivity index (χ3n) is 10.3. The molecule has 3 saturated heterocycles. The molecule has 15 heteroatoms. The molecular formula is C54H99N9O6. The van der Waals surface area contributed by atoms with Crippen molar-refractivity contribution in [2.75, 3.05) is 58.9 Å². The number of β-amino-alcohol motifs (C(OH)–C–C–N with tert-alkyl or cyclic N) is 1. The quantitative estimate of drug-likeness (QED) is 0.0729. The van der Waals surface area contributed by atoms with Crippen molar-refractivity contribution in [2.24, 2.45) is 11.3 Å². The molecule has 1 aromatic heterocycles. The molecule has 4 heterocycles. The predicted octanol–water partition coefficient (Wildman–Crippen LogP) is 6.67. The summed E-state index contributed by atoms with van der Waals surface area (Å²) in [6, 6.07) is 2.56. The van der Waals surface area contributed by atoms with Gasteiger partial charge < -0.3 is 31.5 Å². The average Bonchev–Trinajstić information content (AvgIpc) is 4.00. The predicted molar refractivity (Wildman–Crippen MR) is 286 cm³/mol. The number of rotatable bonds is 17. The fourth-order valence-corrected chi connectivity index (χ4v) is 7.00. The van der Waals surface area contributed by atoms with Crippen molar-refractivity contribution >= 4 is 23.6 Å². The van der Waals surface area contributed by atoms with Crippen LogP contribution >= 0.6 is 0 Å². The summed E-state index contributed by atoms with van der Waals surface area (Å²) < 4.78 is 1.67. The Balaban J connectivity index is 0. The van der Waals surface area contributed by atoms with Crippen molar-refractivity contribution in [3.05, 3.63) is 79.2 Å². The number of hydrogen-bond acceptors (Lipinski definition) is 10. The third kappa shape index (κ3) is 37.1. The Morgan fingerprint density at radius 2 is 1.13 bits per heavy atom. The van der Waals surface area contributed by atoms with E-state index in [1.54, 1.807) is 35.3 Å². The molecule has 69 heavy (non-hydrogen) atoms. The Morgan fingerprint density at radius 3 is 1.46 bits per heavy atom. The van der Waals surface area contributed by atoms with Crippen LogP contribution in [0.4, 0.5) is 0 Å². The first-order chi connectivity index (χ1) is 31.8. The van der Waals surface area contributed by atoms with Crippen LogP contribution in [0.15, 0.2) is 79.2 Å². The fraction of sp³-hybridized carbons (Fsp3) is 0.685. The Hall–Kier alpha value is -4.41. The zero-order chi connectivity index (χ0) is 51.8. The monoisotopic (exact) mass is 970 g/mol. The molecule has 0 bridgehead atoms. The second-order valence-corrected chi connectivity index (χ2v) is 20.5. The van der Waals surface area contributed by atoms with E-state index >= 15 is 0 Å². The molecule has 4 rings (SSSR count). The topological polar surface area (TPSA) is 184 Å². The van der Waals surface area contributed by atoms with E-state index in [9.17, 15) is 29.4 Å². The molecule has 4 amide bonds. The van der Waals surface area contributed by atoms with E-state index in [-0.39, 0.29) is 72.8 Å². The van der Waals surface area contributed by atoms with E-state index in [0.717, 1.165) is 63.7 Å². The van der Waals surface area contributed by atoms with Gasteiger partial charge in [-0.2, -0.15) is 5.10 Å². The van der Waals surface area contributed by atoms with Crippen LogP contribution in [-0.4, -0.2) is 154 Å². The minimum absolute atomic E-state index is 0. The molecule has 3 aliphatic heterocycles. The van der Waals surface area contributed by atoms with E-state index < -0.39 is 0 Å². The largest absolute Gasteiger partial charge is 0.392 e. The van der Waals surface area contributed by atoms with Crippen LogP contribution in [0.3, 0.4) is 0 Å².